The summed E-state index contributed by atoms with van der Waals surface area (Å²) in [6, 6.07) is 0. The van der Waals surface area contributed by atoms with Gasteiger partial charge in [0, 0.05) is 13.2 Å². The Balaban J connectivity index is 2.15. The number of aromatic nitrogens is 2. The third-order valence-corrected chi connectivity index (χ3v) is 2.10. The van der Waals surface area contributed by atoms with Crippen LogP contribution in [0.2, 0.25) is 0 Å². The Hall–Kier alpha value is -1.08. The van der Waals surface area contributed by atoms with Gasteiger partial charge in [-0.05, 0) is 18.4 Å². The van der Waals surface area contributed by atoms with E-state index in [0.717, 1.165) is 5.56 Å². The summed E-state index contributed by atoms with van der Waals surface area (Å²) in [6.45, 7) is -1.63. The number of hydrogen-bond acceptors (Lipinski definition) is 3. The van der Waals surface area contributed by atoms with Crippen molar-refractivity contribution in [2.24, 2.45) is 7.05 Å². The van der Waals surface area contributed by atoms with Crippen LogP contribution in [0.25, 0.3) is 0 Å². The molecule has 0 amide bonds. The lowest BCUT2D eigenvalue weighted by molar-refractivity contribution is -0.179. The zero-order valence-corrected chi connectivity index (χ0v) is 9.44. The fourth-order valence-corrected chi connectivity index (χ4v) is 1.33. The van der Waals surface area contributed by atoms with Crippen LogP contribution in [0.15, 0.2) is 12.4 Å². The summed E-state index contributed by atoms with van der Waals surface area (Å²) in [6.07, 6.45) is -0.874. The highest BCUT2D eigenvalue weighted by Crippen LogP contribution is 2.14. The number of aryl methyl sites for hydroxylation is 2. The molecule has 98 valence electrons. The van der Waals surface area contributed by atoms with Gasteiger partial charge in [-0.15, -0.1) is 0 Å². The van der Waals surface area contributed by atoms with Gasteiger partial charge >= 0.3 is 6.18 Å². The van der Waals surface area contributed by atoms with Crippen molar-refractivity contribution in [1.82, 2.24) is 9.78 Å². The Morgan fingerprint density at radius 1 is 1.53 bits per heavy atom. The van der Waals surface area contributed by atoms with Gasteiger partial charge in [-0.1, -0.05) is 0 Å². The fourth-order valence-electron chi connectivity index (χ4n) is 1.33. The summed E-state index contributed by atoms with van der Waals surface area (Å²) in [5, 5.41) is 13.3. The Morgan fingerprint density at radius 2 is 2.24 bits per heavy atom. The van der Waals surface area contributed by atoms with E-state index in [2.05, 4.69) is 9.84 Å². The van der Waals surface area contributed by atoms with Crippen LogP contribution in [0.3, 0.4) is 0 Å². The van der Waals surface area contributed by atoms with E-state index < -0.39 is 18.9 Å². The molecule has 0 fully saturated rings. The summed E-state index contributed by atoms with van der Waals surface area (Å²) in [4.78, 5) is 0. The molecule has 1 N–H and O–H groups in total. The van der Waals surface area contributed by atoms with Gasteiger partial charge in [0.1, 0.15) is 6.61 Å². The molecule has 0 saturated heterocycles. The second-order valence-corrected chi connectivity index (χ2v) is 3.85. The van der Waals surface area contributed by atoms with Crippen molar-refractivity contribution in [3.63, 3.8) is 0 Å². The van der Waals surface area contributed by atoms with Crippen LogP contribution in [-0.4, -0.2) is 40.4 Å². The molecular formula is C10H15F3N2O2. The Labute approximate surface area is 97.0 Å². The minimum absolute atomic E-state index is 0.306. The summed E-state index contributed by atoms with van der Waals surface area (Å²) in [5.41, 5.74) is 0.933. The molecule has 0 aliphatic heterocycles. The van der Waals surface area contributed by atoms with Crippen LogP contribution in [0.1, 0.15) is 12.0 Å². The molecule has 0 saturated carbocycles. The highest BCUT2D eigenvalue weighted by molar-refractivity contribution is 5.03. The van der Waals surface area contributed by atoms with E-state index in [1.807, 2.05) is 0 Å². The Morgan fingerprint density at radius 3 is 2.76 bits per heavy atom. The van der Waals surface area contributed by atoms with Gasteiger partial charge < -0.3 is 9.84 Å². The maximum atomic E-state index is 11.7. The zero-order valence-electron chi connectivity index (χ0n) is 9.44. The van der Waals surface area contributed by atoms with Gasteiger partial charge in [0.25, 0.3) is 0 Å². The molecule has 0 aliphatic carbocycles. The third-order valence-electron chi connectivity index (χ3n) is 2.10. The SMILES string of the molecule is Cn1cc(CCC(O)COCC(F)(F)F)cn1. The summed E-state index contributed by atoms with van der Waals surface area (Å²) >= 11 is 0. The molecule has 1 aromatic rings. The summed E-state index contributed by atoms with van der Waals surface area (Å²) in [7, 11) is 1.77. The number of nitrogens with zero attached hydrogens (tertiary/aromatic N) is 2. The predicted molar refractivity (Wildman–Crippen MR) is 54.4 cm³/mol. The number of ether oxygens (including phenoxy) is 1. The first-order valence-corrected chi connectivity index (χ1v) is 5.17. The fraction of sp³-hybridized carbons (Fsp3) is 0.700. The van der Waals surface area contributed by atoms with E-state index in [9.17, 15) is 18.3 Å². The van der Waals surface area contributed by atoms with Crippen LogP contribution in [-0.2, 0) is 18.2 Å². The lowest BCUT2D eigenvalue weighted by Crippen LogP contribution is -2.23. The number of hydrogen-bond donors (Lipinski definition) is 1. The highest BCUT2D eigenvalue weighted by Gasteiger charge is 2.27. The van der Waals surface area contributed by atoms with E-state index in [1.165, 1.54) is 0 Å². The molecule has 1 rings (SSSR count). The van der Waals surface area contributed by atoms with Gasteiger partial charge in [0.2, 0.25) is 0 Å². The first-order chi connectivity index (χ1) is 7.87. The quantitative estimate of drug-likeness (QED) is 0.830. The number of halogens is 3. The lowest BCUT2D eigenvalue weighted by atomic mass is 10.1. The minimum Gasteiger partial charge on any atom is -0.391 e. The molecule has 4 nitrogen and oxygen atoms in total. The van der Waals surface area contributed by atoms with Gasteiger partial charge in [0.15, 0.2) is 0 Å². The van der Waals surface area contributed by atoms with Gasteiger partial charge in [-0.2, -0.15) is 18.3 Å². The molecule has 1 unspecified atom stereocenters. The maximum absolute atomic E-state index is 11.7. The van der Waals surface area contributed by atoms with E-state index in [0.29, 0.717) is 12.8 Å². The standard InChI is InChI=1S/C10H15F3N2O2/c1-15-5-8(4-14-15)2-3-9(16)6-17-7-10(11,12)13/h4-5,9,16H,2-3,6-7H2,1H3. The molecule has 1 heterocycles. The van der Waals surface area contributed by atoms with Crippen molar-refractivity contribution >= 4 is 0 Å². The molecular weight excluding hydrogens is 237 g/mol. The monoisotopic (exact) mass is 252 g/mol. The van der Waals surface area contributed by atoms with Gasteiger partial charge in [-0.3, -0.25) is 4.68 Å². The van der Waals surface area contributed by atoms with Crippen LogP contribution in [0.5, 0.6) is 0 Å². The lowest BCUT2D eigenvalue weighted by Gasteiger charge is -2.12. The highest BCUT2D eigenvalue weighted by atomic mass is 19.4. The Kier molecular flexibility index (Phi) is 4.95. The van der Waals surface area contributed by atoms with E-state index >= 15 is 0 Å². The number of alkyl halides is 3. The summed E-state index contributed by atoms with van der Waals surface area (Å²) in [5.74, 6) is 0. The molecule has 17 heavy (non-hydrogen) atoms. The summed E-state index contributed by atoms with van der Waals surface area (Å²) < 4.78 is 41.2. The number of aliphatic hydroxyl groups is 1. The maximum Gasteiger partial charge on any atom is 0.411 e. The smallest absolute Gasteiger partial charge is 0.391 e. The third kappa shape index (κ3) is 6.28. The van der Waals surface area contributed by atoms with Crippen molar-refractivity contribution in [3.8, 4) is 0 Å². The van der Waals surface area contributed by atoms with Crippen LogP contribution in [0, 0.1) is 0 Å². The average molecular weight is 252 g/mol. The van der Waals surface area contributed by atoms with Gasteiger partial charge in [-0.25, -0.2) is 0 Å². The Bertz CT molecular complexity index is 339. The van der Waals surface area contributed by atoms with E-state index in [4.69, 9.17) is 0 Å². The average Bonchev–Trinajstić information content (AvgIpc) is 2.59. The zero-order chi connectivity index (χ0) is 12.9. The molecule has 1 atom stereocenters. The van der Waals surface area contributed by atoms with E-state index in [1.54, 1.807) is 24.1 Å². The van der Waals surface area contributed by atoms with Crippen molar-refractivity contribution in [2.45, 2.75) is 25.1 Å². The normalized spacial score (nSPS) is 13.9. The molecule has 0 aromatic carbocycles. The molecule has 0 radical (unpaired) electrons. The van der Waals surface area contributed by atoms with Crippen molar-refractivity contribution in [2.75, 3.05) is 13.2 Å². The first-order valence-electron chi connectivity index (χ1n) is 5.17. The number of aliphatic hydroxyl groups excluding tert-OH is 1. The van der Waals surface area contributed by atoms with Crippen molar-refractivity contribution in [1.29, 1.82) is 0 Å². The van der Waals surface area contributed by atoms with Gasteiger partial charge in [0.05, 0.1) is 18.9 Å². The van der Waals surface area contributed by atoms with Crippen LogP contribution in [0.4, 0.5) is 13.2 Å². The van der Waals surface area contributed by atoms with Crippen molar-refractivity contribution in [3.05, 3.63) is 18.0 Å². The first kappa shape index (κ1) is 14.0. The molecule has 0 aliphatic rings. The molecule has 0 spiro atoms. The molecule has 7 heteroatoms. The molecule has 1 aromatic heterocycles. The van der Waals surface area contributed by atoms with Crippen LogP contribution >= 0.6 is 0 Å². The minimum atomic E-state index is -4.34. The van der Waals surface area contributed by atoms with Crippen molar-refractivity contribution < 1.29 is 23.0 Å². The number of rotatable bonds is 6. The second-order valence-electron chi connectivity index (χ2n) is 3.85. The van der Waals surface area contributed by atoms with Crippen LogP contribution < -0.4 is 0 Å². The van der Waals surface area contributed by atoms with E-state index in [-0.39, 0.29) is 6.61 Å². The topological polar surface area (TPSA) is 47.3 Å². The second kappa shape index (κ2) is 6.02. The molecule has 0 bridgehead atoms. The largest absolute Gasteiger partial charge is 0.411 e. The predicted octanol–water partition coefficient (Wildman–Crippen LogP) is 1.29.